The summed E-state index contributed by atoms with van der Waals surface area (Å²) in [5, 5.41) is 9.10. The Morgan fingerprint density at radius 1 is 1.52 bits per heavy atom. The molecule has 2 N–H and O–H groups in total. The van der Waals surface area contributed by atoms with Gasteiger partial charge in [-0.25, -0.2) is 9.07 Å². The number of rotatable bonds is 3. The highest BCUT2D eigenvalue weighted by Gasteiger charge is 2.29. The third-order valence-corrected chi connectivity index (χ3v) is 3.15. The standard InChI is InChI=1S/C13H12FN5O2/c14-9-2-1-3-10(5-9)17-11(20)4-8-6-19-13(15-7-16-19)18-12(8)21/h1-3,5,7-8H,4,6H2,(H,17,20)(H,15,16,18,21)/t8-/m0/s1. The van der Waals surface area contributed by atoms with Crippen LogP contribution in [-0.2, 0) is 16.1 Å². The van der Waals surface area contributed by atoms with Gasteiger partial charge in [0.2, 0.25) is 17.8 Å². The number of amides is 2. The summed E-state index contributed by atoms with van der Waals surface area (Å²) < 4.78 is 14.6. The van der Waals surface area contributed by atoms with Crippen LogP contribution >= 0.6 is 0 Å². The zero-order valence-corrected chi connectivity index (χ0v) is 10.9. The SMILES string of the molecule is O=C(C[C@H]1Cn2ncnc2NC1=O)Nc1cccc(F)c1. The van der Waals surface area contributed by atoms with E-state index in [2.05, 4.69) is 20.7 Å². The number of hydrogen-bond acceptors (Lipinski definition) is 4. The molecule has 0 aliphatic carbocycles. The first-order valence-electron chi connectivity index (χ1n) is 6.36. The number of carbonyl (C=O) groups excluding carboxylic acids is 2. The van der Waals surface area contributed by atoms with Crippen LogP contribution in [0.1, 0.15) is 6.42 Å². The Bertz CT molecular complexity index is 699. The second-order valence-electron chi connectivity index (χ2n) is 4.71. The average Bonchev–Trinajstić information content (AvgIpc) is 2.86. The zero-order chi connectivity index (χ0) is 14.8. The lowest BCUT2D eigenvalue weighted by Crippen LogP contribution is -2.36. The highest BCUT2D eigenvalue weighted by Crippen LogP contribution is 2.19. The fraction of sp³-hybridized carbons (Fsp3) is 0.231. The Balaban J connectivity index is 1.64. The van der Waals surface area contributed by atoms with E-state index in [1.54, 1.807) is 6.07 Å². The monoisotopic (exact) mass is 289 g/mol. The molecule has 0 bridgehead atoms. The van der Waals surface area contributed by atoms with Gasteiger partial charge in [0.05, 0.1) is 12.5 Å². The van der Waals surface area contributed by atoms with Crippen molar-refractivity contribution in [2.75, 3.05) is 10.6 Å². The van der Waals surface area contributed by atoms with E-state index in [4.69, 9.17) is 0 Å². The summed E-state index contributed by atoms with van der Waals surface area (Å²) in [6.45, 7) is 0.289. The molecule has 1 aliphatic rings. The van der Waals surface area contributed by atoms with E-state index < -0.39 is 11.7 Å². The largest absolute Gasteiger partial charge is 0.326 e. The van der Waals surface area contributed by atoms with E-state index in [1.807, 2.05) is 0 Å². The van der Waals surface area contributed by atoms with Crippen LogP contribution in [0, 0.1) is 11.7 Å². The summed E-state index contributed by atoms with van der Waals surface area (Å²) in [5.41, 5.74) is 0.359. The van der Waals surface area contributed by atoms with Gasteiger partial charge >= 0.3 is 0 Å². The first-order valence-corrected chi connectivity index (χ1v) is 6.36. The van der Waals surface area contributed by atoms with E-state index in [0.29, 0.717) is 11.6 Å². The second kappa shape index (κ2) is 5.31. The molecule has 1 aliphatic heterocycles. The summed E-state index contributed by atoms with van der Waals surface area (Å²) in [6, 6.07) is 5.59. The van der Waals surface area contributed by atoms with Gasteiger partial charge in [-0.05, 0) is 18.2 Å². The molecule has 2 heterocycles. The third kappa shape index (κ3) is 2.88. The van der Waals surface area contributed by atoms with Crippen LogP contribution in [0.4, 0.5) is 16.0 Å². The van der Waals surface area contributed by atoms with Crippen molar-refractivity contribution in [3.8, 4) is 0 Å². The van der Waals surface area contributed by atoms with Crippen molar-refractivity contribution in [2.45, 2.75) is 13.0 Å². The molecule has 1 aromatic heterocycles. The molecule has 3 rings (SSSR count). The number of anilines is 2. The highest BCUT2D eigenvalue weighted by atomic mass is 19.1. The maximum Gasteiger partial charge on any atom is 0.232 e. The number of nitrogens with zero attached hydrogens (tertiary/aromatic N) is 3. The molecule has 2 amide bonds. The molecule has 1 aromatic carbocycles. The molecular weight excluding hydrogens is 277 g/mol. The second-order valence-corrected chi connectivity index (χ2v) is 4.71. The molecule has 1 atom stereocenters. The Morgan fingerprint density at radius 3 is 3.19 bits per heavy atom. The fourth-order valence-electron chi connectivity index (χ4n) is 2.16. The number of benzene rings is 1. The van der Waals surface area contributed by atoms with E-state index in [9.17, 15) is 14.0 Å². The van der Waals surface area contributed by atoms with Crippen LogP contribution in [0.2, 0.25) is 0 Å². The maximum absolute atomic E-state index is 13.0. The van der Waals surface area contributed by atoms with Crippen molar-refractivity contribution in [3.63, 3.8) is 0 Å². The summed E-state index contributed by atoms with van der Waals surface area (Å²) >= 11 is 0. The Hall–Kier alpha value is -2.77. The molecule has 108 valence electrons. The normalized spacial score (nSPS) is 17.0. The molecule has 2 aromatic rings. The third-order valence-electron chi connectivity index (χ3n) is 3.15. The van der Waals surface area contributed by atoms with Crippen molar-refractivity contribution >= 4 is 23.5 Å². The van der Waals surface area contributed by atoms with Crippen LogP contribution in [0.3, 0.4) is 0 Å². The molecule has 21 heavy (non-hydrogen) atoms. The number of hydrogen-bond donors (Lipinski definition) is 2. The van der Waals surface area contributed by atoms with Crippen LogP contribution < -0.4 is 10.6 Å². The molecule has 0 saturated heterocycles. The van der Waals surface area contributed by atoms with Gasteiger partial charge in [-0.2, -0.15) is 10.1 Å². The van der Waals surface area contributed by atoms with Crippen molar-refractivity contribution in [1.82, 2.24) is 14.8 Å². The minimum atomic E-state index is -0.534. The van der Waals surface area contributed by atoms with Gasteiger partial charge in [0.15, 0.2) is 0 Å². The summed E-state index contributed by atoms with van der Waals surface area (Å²) in [7, 11) is 0. The molecule has 0 radical (unpaired) electrons. The molecular formula is C13H12FN5O2. The summed E-state index contributed by atoms with van der Waals surface area (Å²) in [5.74, 6) is -1.22. The van der Waals surface area contributed by atoms with Gasteiger partial charge in [-0.3, -0.25) is 14.9 Å². The van der Waals surface area contributed by atoms with E-state index in [-0.39, 0.29) is 24.8 Å². The zero-order valence-electron chi connectivity index (χ0n) is 10.9. The Morgan fingerprint density at radius 2 is 2.38 bits per heavy atom. The van der Waals surface area contributed by atoms with Gasteiger partial charge in [0, 0.05) is 12.1 Å². The quantitative estimate of drug-likeness (QED) is 0.882. The van der Waals surface area contributed by atoms with Gasteiger partial charge < -0.3 is 5.32 Å². The van der Waals surface area contributed by atoms with Gasteiger partial charge in [-0.1, -0.05) is 6.07 Å². The lowest BCUT2D eigenvalue weighted by molar-refractivity contribution is -0.125. The smallest absolute Gasteiger partial charge is 0.232 e. The number of nitrogens with one attached hydrogen (secondary N) is 2. The number of carbonyl (C=O) groups is 2. The van der Waals surface area contributed by atoms with Gasteiger partial charge in [0.25, 0.3) is 0 Å². The highest BCUT2D eigenvalue weighted by molar-refractivity contribution is 5.98. The number of fused-ring (bicyclic) bond motifs is 1. The molecule has 0 unspecified atom stereocenters. The predicted octanol–water partition coefficient (Wildman–Crippen LogP) is 1.01. The van der Waals surface area contributed by atoms with Crippen molar-refractivity contribution in [2.24, 2.45) is 5.92 Å². The van der Waals surface area contributed by atoms with Crippen LogP contribution in [0.5, 0.6) is 0 Å². The molecule has 0 spiro atoms. The van der Waals surface area contributed by atoms with E-state index in [1.165, 1.54) is 29.2 Å². The van der Waals surface area contributed by atoms with Crippen LogP contribution in [0.25, 0.3) is 0 Å². The van der Waals surface area contributed by atoms with Crippen molar-refractivity contribution < 1.29 is 14.0 Å². The molecule has 7 nitrogen and oxygen atoms in total. The van der Waals surface area contributed by atoms with E-state index >= 15 is 0 Å². The molecule has 0 saturated carbocycles. The molecule has 0 fully saturated rings. The molecule has 8 heteroatoms. The first-order chi connectivity index (χ1) is 10.1. The Labute approximate surface area is 119 Å². The minimum absolute atomic E-state index is 0.0123. The van der Waals surface area contributed by atoms with Crippen LogP contribution in [-0.4, -0.2) is 26.6 Å². The first kappa shape index (κ1) is 13.2. The van der Waals surface area contributed by atoms with Crippen LogP contribution in [0.15, 0.2) is 30.6 Å². The summed E-state index contributed by atoms with van der Waals surface area (Å²) in [4.78, 5) is 27.7. The summed E-state index contributed by atoms with van der Waals surface area (Å²) in [6.07, 6.45) is 1.33. The van der Waals surface area contributed by atoms with Gasteiger partial charge in [0.1, 0.15) is 12.1 Å². The lowest BCUT2D eigenvalue weighted by atomic mass is 10.0. The van der Waals surface area contributed by atoms with E-state index in [0.717, 1.165) is 0 Å². The fourth-order valence-corrected chi connectivity index (χ4v) is 2.16. The lowest BCUT2D eigenvalue weighted by Gasteiger charge is -2.21. The van der Waals surface area contributed by atoms with Crippen molar-refractivity contribution in [3.05, 3.63) is 36.4 Å². The average molecular weight is 289 g/mol. The number of halogens is 1. The number of aromatic nitrogens is 3. The van der Waals surface area contributed by atoms with Crippen molar-refractivity contribution in [1.29, 1.82) is 0 Å². The maximum atomic E-state index is 13.0. The topological polar surface area (TPSA) is 88.9 Å². The minimum Gasteiger partial charge on any atom is -0.326 e. The predicted molar refractivity (Wildman–Crippen MR) is 71.8 cm³/mol. The van der Waals surface area contributed by atoms with Gasteiger partial charge in [-0.15, -0.1) is 0 Å². The Kier molecular flexibility index (Phi) is 3.35.